The van der Waals surface area contributed by atoms with Crippen LogP contribution in [0.4, 0.5) is 0 Å². The number of ether oxygens (including phenoxy) is 1. The molecule has 0 saturated heterocycles. The SMILES string of the molecule is CCOC(=O)/C=C\c1cc(C2CC2)cn2cc(Cn3cc(C(=O)Cc4ccccc4)cn3)nc12. The van der Waals surface area contributed by atoms with Crippen LogP contribution in [0.1, 0.15) is 58.4 Å². The molecule has 0 atom stereocenters. The Morgan fingerprint density at radius 1 is 1.15 bits per heavy atom. The highest BCUT2D eigenvalue weighted by Crippen LogP contribution is 2.40. The molecule has 1 aliphatic rings. The number of rotatable bonds is 9. The number of aromatic nitrogens is 4. The molecule has 0 N–H and O–H groups in total. The first-order valence-corrected chi connectivity index (χ1v) is 11.5. The number of ketones is 1. The van der Waals surface area contributed by atoms with Crippen LogP contribution < -0.4 is 0 Å². The predicted octanol–water partition coefficient (Wildman–Crippen LogP) is 4.46. The summed E-state index contributed by atoms with van der Waals surface area (Å²) in [4.78, 5) is 29.2. The van der Waals surface area contributed by atoms with E-state index < -0.39 is 0 Å². The number of fused-ring (bicyclic) bond motifs is 1. The van der Waals surface area contributed by atoms with Crippen LogP contribution in [0.25, 0.3) is 11.7 Å². The fraction of sp³-hybridized carbons (Fsp3) is 0.259. The highest BCUT2D eigenvalue weighted by atomic mass is 16.5. The first-order chi connectivity index (χ1) is 16.6. The summed E-state index contributed by atoms with van der Waals surface area (Å²) >= 11 is 0. The van der Waals surface area contributed by atoms with Crippen LogP contribution in [0, 0.1) is 0 Å². The maximum absolute atomic E-state index is 12.6. The molecule has 0 amide bonds. The van der Waals surface area contributed by atoms with Gasteiger partial charge in [-0.1, -0.05) is 30.3 Å². The van der Waals surface area contributed by atoms with Crippen LogP contribution in [-0.2, 0) is 22.5 Å². The Balaban J connectivity index is 1.37. The smallest absolute Gasteiger partial charge is 0.330 e. The Morgan fingerprint density at radius 2 is 1.97 bits per heavy atom. The third-order valence-corrected chi connectivity index (χ3v) is 5.87. The molecule has 3 aromatic heterocycles. The second kappa shape index (κ2) is 9.47. The molecular formula is C27H26N4O3. The maximum Gasteiger partial charge on any atom is 0.330 e. The summed E-state index contributed by atoms with van der Waals surface area (Å²) < 4.78 is 8.76. The minimum atomic E-state index is -0.367. The molecule has 0 radical (unpaired) electrons. The minimum absolute atomic E-state index is 0.0351. The lowest BCUT2D eigenvalue weighted by Gasteiger charge is -2.04. The summed E-state index contributed by atoms with van der Waals surface area (Å²) in [6.07, 6.45) is 13.4. The van der Waals surface area contributed by atoms with Crippen LogP contribution >= 0.6 is 0 Å². The van der Waals surface area contributed by atoms with E-state index in [0.717, 1.165) is 22.5 Å². The second-order valence-corrected chi connectivity index (χ2v) is 8.56. The molecule has 0 bridgehead atoms. The van der Waals surface area contributed by atoms with Crippen LogP contribution in [-0.4, -0.2) is 37.5 Å². The van der Waals surface area contributed by atoms with Gasteiger partial charge < -0.3 is 9.14 Å². The molecule has 4 aromatic rings. The molecule has 1 fully saturated rings. The number of Topliss-reactive ketones (excluding diaryl/α,β-unsaturated/α-hetero) is 1. The molecule has 7 nitrogen and oxygen atoms in total. The van der Waals surface area contributed by atoms with Crippen molar-refractivity contribution in [1.82, 2.24) is 19.2 Å². The topological polar surface area (TPSA) is 78.5 Å². The van der Waals surface area contributed by atoms with Gasteiger partial charge in [0.15, 0.2) is 5.78 Å². The van der Waals surface area contributed by atoms with Gasteiger partial charge in [0.05, 0.1) is 30.6 Å². The van der Waals surface area contributed by atoms with Crippen molar-refractivity contribution in [3.8, 4) is 0 Å². The lowest BCUT2D eigenvalue weighted by molar-refractivity contribution is -0.137. The molecule has 172 valence electrons. The fourth-order valence-corrected chi connectivity index (χ4v) is 4.03. The number of carbonyl (C=O) groups excluding carboxylic acids is 2. The third kappa shape index (κ3) is 4.98. The third-order valence-electron chi connectivity index (χ3n) is 5.87. The van der Waals surface area contributed by atoms with Crippen molar-refractivity contribution in [1.29, 1.82) is 0 Å². The lowest BCUT2D eigenvalue weighted by Crippen LogP contribution is -2.03. The number of hydrogen-bond donors (Lipinski definition) is 0. The summed E-state index contributed by atoms with van der Waals surface area (Å²) in [5, 5.41) is 4.37. The van der Waals surface area contributed by atoms with E-state index in [1.165, 1.54) is 24.5 Å². The number of pyridine rings is 1. The van der Waals surface area contributed by atoms with Gasteiger partial charge in [-0.2, -0.15) is 5.10 Å². The molecule has 3 heterocycles. The van der Waals surface area contributed by atoms with Crippen molar-refractivity contribution in [3.63, 3.8) is 0 Å². The highest BCUT2D eigenvalue weighted by Gasteiger charge is 2.25. The number of nitrogens with zero attached hydrogens (tertiary/aromatic N) is 4. The molecule has 1 aromatic carbocycles. The van der Waals surface area contributed by atoms with E-state index in [-0.39, 0.29) is 11.8 Å². The molecule has 0 spiro atoms. The predicted molar refractivity (Wildman–Crippen MR) is 129 cm³/mol. The Bertz CT molecular complexity index is 1360. The first-order valence-electron chi connectivity index (χ1n) is 11.5. The number of benzene rings is 1. The van der Waals surface area contributed by atoms with Gasteiger partial charge in [0, 0.05) is 36.7 Å². The Morgan fingerprint density at radius 3 is 2.74 bits per heavy atom. The first kappa shape index (κ1) is 21.8. The summed E-state index contributed by atoms with van der Waals surface area (Å²) in [5.74, 6) is 0.232. The van der Waals surface area contributed by atoms with E-state index in [1.54, 1.807) is 30.1 Å². The summed E-state index contributed by atoms with van der Waals surface area (Å²) in [7, 11) is 0. The highest BCUT2D eigenvalue weighted by molar-refractivity contribution is 5.97. The Labute approximate surface area is 197 Å². The van der Waals surface area contributed by atoms with Crippen molar-refractivity contribution in [2.24, 2.45) is 0 Å². The van der Waals surface area contributed by atoms with Gasteiger partial charge in [-0.05, 0) is 49.0 Å². The van der Waals surface area contributed by atoms with Crippen LogP contribution in [0.15, 0.2) is 67.3 Å². The number of hydrogen-bond acceptors (Lipinski definition) is 5. The average molecular weight is 455 g/mol. The van der Waals surface area contributed by atoms with Crippen molar-refractivity contribution in [2.75, 3.05) is 6.61 Å². The van der Waals surface area contributed by atoms with Crippen LogP contribution in [0.5, 0.6) is 0 Å². The molecule has 1 aliphatic carbocycles. The van der Waals surface area contributed by atoms with E-state index >= 15 is 0 Å². The quantitative estimate of drug-likeness (QED) is 0.212. The normalized spacial score (nSPS) is 13.6. The fourth-order valence-electron chi connectivity index (χ4n) is 4.03. The van der Waals surface area contributed by atoms with Gasteiger partial charge in [0.25, 0.3) is 0 Å². The average Bonchev–Trinajstić information content (AvgIpc) is 3.44. The van der Waals surface area contributed by atoms with E-state index in [1.807, 2.05) is 40.9 Å². The lowest BCUT2D eigenvalue weighted by atomic mass is 10.1. The molecular weight excluding hydrogens is 428 g/mol. The van der Waals surface area contributed by atoms with Gasteiger partial charge in [0.1, 0.15) is 5.65 Å². The van der Waals surface area contributed by atoms with Crippen molar-refractivity contribution in [2.45, 2.75) is 38.6 Å². The zero-order valence-electron chi connectivity index (χ0n) is 19.1. The van der Waals surface area contributed by atoms with E-state index in [4.69, 9.17) is 9.72 Å². The molecule has 7 heteroatoms. The summed E-state index contributed by atoms with van der Waals surface area (Å²) in [6, 6.07) is 11.8. The monoisotopic (exact) mass is 454 g/mol. The van der Waals surface area contributed by atoms with Crippen molar-refractivity contribution >= 4 is 23.5 Å². The number of esters is 1. The van der Waals surface area contributed by atoms with Crippen LogP contribution in [0.3, 0.4) is 0 Å². The van der Waals surface area contributed by atoms with Crippen molar-refractivity contribution in [3.05, 3.63) is 95.2 Å². The van der Waals surface area contributed by atoms with E-state index in [2.05, 4.69) is 17.4 Å². The molecule has 0 aliphatic heterocycles. The molecule has 0 unspecified atom stereocenters. The zero-order valence-corrected chi connectivity index (χ0v) is 19.1. The second-order valence-electron chi connectivity index (χ2n) is 8.56. The van der Waals surface area contributed by atoms with E-state index in [0.29, 0.717) is 31.1 Å². The van der Waals surface area contributed by atoms with Gasteiger partial charge in [-0.3, -0.25) is 9.48 Å². The standard InChI is InChI=1S/C27H26N4O3/c1-2-34-26(33)11-10-21-13-22(20-8-9-20)15-30-17-24(29-27(21)30)18-31-16-23(14-28-31)25(32)12-19-6-4-3-5-7-19/h3-7,10-11,13-17,20H,2,8-9,12,18H2,1H3/b11-10-. The summed E-state index contributed by atoms with van der Waals surface area (Å²) in [5.41, 5.74) is 5.28. The largest absolute Gasteiger partial charge is 0.463 e. The summed E-state index contributed by atoms with van der Waals surface area (Å²) in [6.45, 7) is 2.57. The van der Waals surface area contributed by atoms with Crippen LogP contribution in [0.2, 0.25) is 0 Å². The van der Waals surface area contributed by atoms with Gasteiger partial charge in [0.2, 0.25) is 0 Å². The van der Waals surface area contributed by atoms with Crippen molar-refractivity contribution < 1.29 is 14.3 Å². The number of imidazole rings is 1. The maximum atomic E-state index is 12.6. The zero-order chi connectivity index (χ0) is 23.5. The van der Waals surface area contributed by atoms with Gasteiger partial charge in [-0.15, -0.1) is 0 Å². The Kier molecular flexibility index (Phi) is 6.08. The van der Waals surface area contributed by atoms with Gasteiger partial charge in [-0.25, -0.2) is 9.78 Å². The number of carbonyl (C=O) groups is 2. The molecule has 34 heavy (non-hydrogen) atoms. The van der Waals surface area contributed by atoms with Gasteiger partial charge >= 0.3 is 5.97 Å². The van der Waals surface area contributed by atoms with E-state index in [9.17, 15) is 9.59 Å². The molecule has 5 rings (SSSR count). The Hall–Kier alpha value is -4.00. The molecule has 1 saturated carbocycles. The minimum Gasteiger partial charge on any atom is -0.463 e.